The van der Waals surface area contributed by atoms with Gasteiger partial charge in [0, 0.05) is 30.3 Å². The minimum absolute atomic E-state index is 0.558. The number of hydrogen-bond acceptors (Lipinski definition) is 2. The van der Waals surface area contributed by atoms with E-state index in [1.807, 2.05) is 0 Å². The summed E-state index contributed by atoms with van der Waals surface area (Å²) < 4.78 is 6.61. The number of aryl methyl sites for hydroxylation is 1. The summed E-state index contributed by atoms with van der Waals surface area (Å²) in [6, 6.07) is 7.10. The van der Waals surface area contributed by atoms with Gasteiger partial charge in [-0.25, -0.2) is 0 Å². The molecule has 1 saturated heterocycles. The van der Waals surface area contributed by atoms with Crippen LogP contribution in [0.3, 0.4) is 0 Å². The maximum Gasteiger partial charge on any atom is 0.0469 e. The Kier molecular flexibility index (Phi) is 5.22. The van der Waals surface area contributed by atoms with E-state index < -0.39 is 0 Å². The fraction of sp³-hybridized carbons (Fsp3) is 0.600. The van der Waals surface area contributed by atoms with Crippen LogP contribution < -0.4 is 5.32 Å². The van der Waals surface area contributed by atoms with E-state index in [4.69, 9.17) is 4.74 Å². The molecule has 0 bridgehead atoms. The lowest BCUT2D eigenvalue weighted by Crippen LogP contribution is -2.36. The normalized spacial score (nSPS) is 18.8. The fourth-order valence-corrected chi connectivity index (χ4v) is 3.08. The van der Waals surface area contributed by atoms with Gasteiger partial charge in [0.1, 0.15) is 0 Å². The molecule has 2 rings (SSSR count). The lowest BCUT2D eigenvalue weighted by molar-refractivity contribution is 0.0558. The molecule has 0 aliphatic carbocycles. The molecule has 18 heavy (non-hydrogen) atoms. The highest BCUT2D eigenvalue weighted by atomic mass is 79.9. The van der Waals surface area contributed by atoms with E-state index in [-0.39, 0.29) is 0 Å². The predicted octanol–water partition coefficient (Wildman–Crippen LogP) is 3.66. The molecule has 1 unspecified atom stereocenters. The van der Waals surface area contributed by atoms with E-state index in [2.05, 4.69) is 53.3 Å². The lowest BCUT2D eigenvalue weighted by atomic mass is 9.93. The molecule has 2 nitrogen and oxygen atoms in total. The summed E-state index contributed by atoms with van der Waals surface area (Å²) in [5.74, 6) is 0.753. The molecule has 1 fully saturated rings. The van der Waals surface area contributed by atoms with Gasteiger partial charge in [-0.1, -0.05) is 28.1 Å². The molecule has 1 aromatic carbocycles. The maximum absolute atomic E-state index is 5.41. The number of ether oxygens (including phenoxy) is 1. The Morgan fingerprint density at radius 2 is 2.11 bits per heavy atom. The Bertz CT molecular complexity index is 388. The van der Waals surface area contributed by atoms with Crippen molar-refractivity contribution in [2.75, 3.05) is 13.2 Å². The number of nitrogens with one attached hydrogen (secondary N) is 1. The van der Waals surface area contributed by atoms with Crippen LogP contribution in [0.15, 0.2) is 22.7 Å². The molecule has 0 radical (unpaired) electrons. The van der Waals surface area contributed by atoms with Crippen LogP contribution in [0.2, 0.25) is 0 Å². The second-order valence-corrected chi connectivity index (χ2v) is 6.07. The molecule has 100 valence electrons. The minimum Gasteiger partial charge on any atom is -0.381 e. The number of hydrogen-bond donors (Lipinski definition) is 1. The Morgan fingerprint density at radius 1 is 1.39 bits per heavy atom. The first-order valence-corrected chi connectivity index (χ1v) is 7.52. The van der Waals surface area contributed by atoms with Crippen molar-refractivity contribution in [3.63, 3.8) is 0 Å². The zero-order chi connectivity index (χ0) is 13.0. The molecular weight excluding hydrogens is 290 g/mol. The van der Waals surface area contributed by atoms with E-state index in [1.54, 1.807) is 0 Å². The van der Waals surface area contributed by atoms with Crippen LogP contribution in [-0.2, 0) is 11.3 Å². The Balaban J connectivity index is 1.86. The molecule has 1 aromatic rings. The van der Waals surface area contributed by atoms with Gasteiger partial charge in [0.25, 0.3) is 0 Å². The van der Waals surface area contributed by atoms with Crippen molar-refractivity contribution in [2.45, 2.75) is 39.3 Å². The van der Waals surface area contributed by atoms with Gasteiger partial charge in [-0.3, -0.25) is 0 Å². The fourth-order valence-electron chi connectivity index (χ4n) is 2.45. The molecule has 0 amide bonds. The first kappa shape index (κ1) is 14.0. The zero-order valence-electron chi connectivity index (χ0n) is 11.2. The largest absolute Gasteiger partial charge is 0.381 e. The third kappa shape index (κ3) is 3.81. The summed E-state index contributed by atoms with van der Waals surface area (Å²) in [5.41, 5.74) is 2.63. The van der Waals surface area contributed by atoms with Crippen LogP contribution in [0.25, 0.3) is 0 Å². The predicted molar refractivity (Wildman–Crippen MR) is 78.7 cm³/mol. The van der Waals surface area contributed by atoms with Crippen molar-refractivity contribution in [1.29, 1.82) is 0 Å². The quantitative estimate of drug-likeness (QED) is 0.916. The van der Waals surface area contributed by atoms with Crippen molar-refractivity contribution in [1.82, 2.24) is 5.32 Å². The molecular formula is C15H22BrNO. The van der Waals surface area contributed by atoms with Gasteiger partial charge >= 0.3 is 0 Å². The molecule has 0 spiro atoms. The van der Waals surface area contributed by atoms with Gasteiger partial charge in [0.05, 0.1) is 0 Å². The zero-order valence-corrected chi connectivity index (χ0v) is 12.8. The van der Waals surface area contributed by atoms with Crippen molar-refractivity contribution in [3.8, 4) is 0 Å². The second-order valence-electron chi connectivity index (χ2n) is 5.21. The highest BCUT2D eigenvalue weighted by Crippen LogP contribution is 2.21. The molecule has 0 saturated carbocycles. The number of rotatable bonds is 4. The Morgan fingerprint density at radius 3 is 2.78 bits per heavy atom. The minimum atomic E-state index is 0.558. The van der Waals surface area contributed by atoms with E-state index in [0.29, 0.717) is 6.04 Å². The highest BCUT2D eigenvalue weighted by molar-refractivity contribution is 9.10. The van der Waals surface area contributed by atoms with Gasteiger partial charge < -0.3 is 10.1 Å². The van der Waals surface area contributed by atoms with Crippen LogP contribution in [0.5, 0.6) is 0 Å². The summed E-state index contributed by atoms with van der Waals surface area (Å²) >= 11 is 3.63. The third-order valence-electron chi connectivity index (χ3n) is 3.80. The van der Waals surface area contributed by atoms with Gasteiger partial charge in [-0.15, -0.1) is 0 Å². The van der Waals surface area contributed by atoms with Crippen molar-refractivity contribution < 1.29 is 4.74 Å². The SMILES string of the molecule is Cc1ccc(CNC(C)C2CCOCC2)c(Br)c1. The van der Waals surface area contributed by atoms with Crippen LogP contribution in [0, 0.1) is 12.8 Å². The second kappa shape index (κ2) is 6.69. The van der Waals surface area contributed by atoms with Crippen LogP contribution >= 0.6 is 15.9 Å². The monoisotopic (exact) mass is 311 g/mol. The molecule has 0 aromatic heterocycles. The molecule has 1 aliphatic rings. The average Bonchev–Trinajstić information content (AvgIpc) is 2.38. The van der Waals surface area contributed by atoms with E-state index in [0.717, 1.165) is 25.7 Å². The van der Waals surface area contributed by atoms with Gasteiger partial charge in [0.2, 0.25) is 0 Å². The highest BCUT2D eigenvalue weighted by Gasteiger charge is 2.19. The number of benzene rings is 1. The molecule has 3 heteroatoms. The standard InChI is InChI=1S/C15H22BrNO/c1-11-3-4-14(15(16)9-11)10-17-12(2)13-5-7-18-8-6-13/h3-4,9,12-13,17H,5-8,10H2,1-2H3. The van der Waals surface area contributed by atoms with E-state index in [9.17, 15) is 0 Å². The summed E-state index contributed by atoms with van der Waals surface area (Å²) in [6.07, 6.45) is 2.37. The summed E-state index contributed by atoms with van der Waals surface area (Å²) in [6.45, 7) is 7.18. The lowest BCUT2D eigenvalue weighted by Gasteiger charge is -2.28. The molecule has 1 aliphatic heterocycles. The summed E-state index contributed by atoms with van der Waals surface area (Å²) in [7, 11) is 0. The van der Waals surface area contributed by atoms with E-state index in [1.165, 1.54) is 28.4 Å². The van der Waals surface area contributed by atoms with E-state index >= 15 is 0 Å². The molecule has 1 N–H and O–H groups in total. The summed E-state index contributed by atoms with van der Waals surface area (Å²) in [5, 5.41) is 3.64. The maximum atomic E-state index is 5.41. The van der Waals surface area contributed by atoms with Crippen LogP contribution in [0.4, 0.5) is 0 Å². The van der Waals surface area contributed by atoms with Gasteiger partial charge in [-0.05, 0) is 49.8 Å². The van der Waals surface area contributed by atoms with Crippen LogP contribution in [0.1, 0.15) is 30.9 Å². The average molecular weight is 312 g/mol. The van der Waals surface area contributed by atoms with Crippen molar-refractivity contribution in [3.05, 3.63) is 33.8 Å². The third-order valence-corrected chi connectivity index (χ3v) is 4.53. The summed E-state index contributed by atoms with van der Waals surface area (Å²) in [4.78, 5) is 0. The Labute approximate surface area is 118 Å². The first-order chi connectivity index (χ1) is 8.66. The van der Waals surface area contributed by atoms with Crippen LogP contribution in [-0.4, -0.2) is 19.3 Å². The van der Waals surface area contributed by atoms with Gasteiger partial charge in [-0.2, -0.15) is 0 Å². The molecule has 1 atom stereocenters. The topological polar surface area (TPSA) is 21.3 Å². The van der Waals surface area contributed by atoms with Crippen molar-refractivity contribution in [2.24, 2.45) is 5.92 Å². The Hall–Kier alpha value is -0.380. The molecule has 1 heterocycles. The van der Waals surface area contributed by atoms with Gasteiger partial charge in [0.15, 0.2) is 0 Å². The smallest absolute Gasteiger partial charge is 0.0469 e. The first-order valence-electron chi connectivity index (χ1n) is 6.73. The van der Waals surface area contributed by atoms with Crippen molar-refractivity contribution >= 4 is 15.9 Å². The number of halogens is 1.